The van der Waals surface area contributed by atoms with Crippen molar-refractivity contribution in [2.24, 2.45) is 5.73 Å². The topological polar surface area (TPSA) is 113 Å². The number of anilines is 1. The van der Waals surface area contributed by atoms with Crippen LogP contribution in [0.15, 0.2) is 30.3 Å². The minimum atomic E-state index is -3.27. The largest absolute Gasteiger partial charge is 0.390 e. The summed E-state index contributed by atoms with van der Waals surface area (Å²) in [5.74, 6) is -0.678. The molecule has 2 unspecified atom stereocenters. The SMILES string of the molecule is NCCN(CC(=O)Nc1ccccc1)C1CS(=O)(=O)CC1O. The molecule has 8 heteroatoms. The molecule has 1 heterocycles. The minimum Gasteiger partial charge on any atom is -0.390 e. The van der Waals surface area contributed by atoms with Crippen molar-refractivity contribution in [3.63, 3.8) is 0 Å². The molecule has 0 aliphatic carbocycles. The van der Waals surface area contributed by atoms with Gasteiger partial charge in [-0.1, -0.05) is 18.2 Å². The average Bonchev–Trinajstić information content (AvgIpc) is 2.72. The second-order valence-electron chi connectivity index (χ2n) is 5.38. The Hall–Kier alpha value is -1.48. The molecule has 1 amide bonds. The molecule has 2 atom stereocenters. The molecule has 1 aliphatic rings. The summed E-state index contributed by atoms with van der Waals surface area (Å²) in [6.45, 7) is 0.616. The summed E-state index contributed by atoms with van der Waals surface area (Å²) in [6.07, 6.45) is -0.985. The van der Waals surface area contributed by atoms with E-state index in [2.05, 4.69) is 5.32 Å². The van der Waals surface area contributed by atoms with Crippen LogP contribution in [0.4, 0.5) is 5.69 Å². The monoisotopic (exact) mass is 327 g/mol. The van der Waals surface area contributed by atoms with Gasteiger partial charge in [0, 0.05) is 18.8 Å². The molecular weight excluding hydrogens is 306 g/mol. The van der Waals surface area contributed by atoms with Crippen molar-refractivity contribution < 1.29 is 18.3 Å². The quantitative estimate of drug-likeness (QED) is 0.620. The highest BCUT2D eigenvalue weighted by Gasteiger charge is 2.40. The van der Waals surface area contributed by atoms with Crippen molar-refractivity contribution in [2.45, 2.75) is 12.1 Å². The number of hydrogen-bond acceptors (Lipinski definition) is 6. The van der Waals surface area contributed by atoms with Crippen LogP contribution in [0.3, 0.4) is 0 Å². The van der Waals surface area contributed by atoms with Gasteiger partial charge in [0.2, 0.25) is 5.91 Å². The fourth-order valence-electron chi connectivity index (χ4n) is 2.59. The van der Waals surface area contributed by atoms with Gasteiger partial charge < -0.3 is 16.2 Å². The van der Waals surface area contributed by atoms with Crippen LogP contribution < -0.4 is 11.1 Å². The molecule has 1 aromatic carbocycles. The number of carbonyl (C=O) groups is 1. The van der Waals surface area contributed by atoms with Crippen molar-refractivity contribution >= 4 is 21.4 Å². The van der Waals surface area contributed by atoms with Crippen LogP contribution in [-0.2, 0) is 14.6 Å². The van der Waals surface area contributed by atoms with Crippen molar-refractivity contribution in [1.82, 2.24) is 4.90 Å². The number of benzene rings is 1. The molecule has 4 N–H and O–H groups in total. The molecule has 0 radical (unpaired) electrons. The molecule has 1 saturated heterocycles. The molecule has 1 fully saturated rings. The van der Waals surface area contributed by atoms with Crippen LogP contribution in [-0.4, -0.2) is 67.6 Å². The smallest absolute Gasteiger partial charge is 0.238 e. The normalized spacial score (nSPS) is 23.6. The fraction of sp³-hybridized carbons (Fsp3) is 0.500. The minimum absolute atomic E-state index is 0.0106. The first-order valence-corrected chi connectivity index (χ1v) is 8.91. The number of aliphatic hydroxyl groups excluding tert-OH is 1. The van der Waals surface area contributed by atoms with Gasteiger partial charge in [0.15, 0.2) is 9.84 Å². The first kappa shape index (κ1) is 16.9. The summed E-state index contributed by atoms with van der Waals surface area (Å²) in [5, 5.41) is 12.7. The number of nitrogens with two attached hydrogens (primary N) is 1. The van der Waals surface area contributed by atoms with Gasteiger partial charge in [-0.2, -0.15) is 0 Å². The number of sulfone groups is 1. The van der Waals surface area contributed by atoms with Gasteiger partial charge in [0.05, 0.1) is 30.2 Å². The second kappa shape index (κ2) is 7.19. The Bertz CT molecular complexity index is 606. The summed E-state index contributed by atoms with van der Waals surface area (Å²) in [6, 6.07) is 8.40. The maximum absolute atomic E-state index is 12.1. The zero-order chi connectivity index (χ0) is 16.2. The molecule has 2 rings (SSSR count). The van der Waals surface area contributed by atoms with Crippen LogP contribution in [0.25, 0.3) is 0 Å². The standard InChI is InChI=1S/C14H21N3O4S/c15-6-7-17(12-9-22(20,21)10-13(12)18)8-14(19)16-11-4-2-1-3-5-11/h1-5,12-13,18H,6-10,15H2,(H,16,19). The number of nitrogens with one attached hydrogen (secondary N) is 1. The molecule has 0 aromatic heterocycles. The van der Waals surface area contributed by atoms with Gasteiger partial charge in [0.25, 0.3) is 0 Å². The van der Waals surface area contributed by atoms with Crippen LogP contribution in [0, 0.1) is 0 Å². The lowest BCUT2D eigenvalue weighted by atomic mass is 10.1. The van der Waals surface area contributed by atoms with Crippen LogP contribution >= 0.6 is 0 Å². The first-order chi connectivity index (χ1) is 10.4. The van der Waals surface area contributed by atoms with E-state index in [0.717, 1.165) is 0 Å². The van der Waals surface area contributed by atoms with Gasteiger partial charge in [-0.15, -0.1) is 0 Å². The van der Waals surface area contributed by atoms with E-state index in [1.807, 2.05) is 6.07 Å². The summed E-state index contributed by atoms with van der Waals surface area (Å²) in [7, 11) is -3.27. The molecule has 22 heavy (non-hydrogen) atoms. The van der Waals surface area contributed by atoms with Crippen molar-refractivity contribution in [2.75, 3.05) is 36.5 Å². The van der Waals surface area contributed by atoms with E-state index in [4.69, 9.17) is 5.73 Å². The molecular formula is C14H21N3O4S. The highest BCUT2D eigenvalue weighted by molar-refractivity contribution is 7.91. The number of amides is 1. The summed E-state index contributed by atoms with van der Waals surface area (Å²) < 4.78 is 23.2. The molecule has 7 nitrogen and oxygen atoms in total. The molecule has 0 saturated carbocycles. The van der Waals surface area contributed by atoms with E-state index >= 15 is 0 Å². The third-order valence-corrected chi connectivity index (χ3v) is 5.28. The molecule has 1 aromatic rings. The molecule has 122 valence electrons. The van der Waals surface area contributed by atoms with Gasteiger partial charge >= 0.3 is 0 Å². The van der Waals surface area contributed by atoms with Crippen molar-refractivity contribution in [3.05, 3.63) is 30.3 Å². The Labute approximate surface area is 130 Å². The predicted molar refractivity (Wildman–Crippen MR) is 84.1 cm³/mol. The zero-order valence-corrected chi connectivity index (χ0v) is 13.0. The van der Waals surface area contributed by atoms with E-state index in [1.165, 1.54) is 0 Å². The first-order valence-electron chi connectivity index (χ1n) is 7.09. The van der Waals surface area contributed by atoms with E-state index < -0.39 is 22.0 Å². The average molecular weight is 327 g/mol. The van der Waals surface area contributed by atoms with E-state index in [1.54, 1.807) is 29.2 Å². The maximum atomic E-state index is 12.1. The van der Waals surface area contributed by atoms with Crippen LogP contribution in [0.5, 0.6) is 0 Å². The molecule has 0 spiro atoms. The number of aliphatic hydroxyl groups is 1. The summed E-state index contributed by atoms with van der Waals surface area (Å²) in [5.41, 5.74) is 6.20. The van der Waals surface area contributed by atoms with E-state index in [9.17, 15) is 18.3 Å². The number of rotatable bonds is 6. The Morgan fingerprint density at radius 2 is 2.00 bits per heavy atom. The second-order valence-corrected chi connectivity index (χ2v) is 7.54. The number of hydrogen-bond donors (Lipinski definition) is 3. The van der Waals surface area contributed by atoms with Crippen molar-refractivity contribution in [3.8, 4) is 0 Å². The summed E-state index contributed by atoms with van der Waals surface area (Å²) >= 11 is 0. The highest BCUT2D eigenvalue weighted by atomic mass is 32.2. The third-order valence-electron chi connectivity index (χ3n) is 3.58. The van der Waals surface area contributed by atoms with Crippen molar-refractivity contribution in [1.29, 1.82) is 0 Å². The lowest BCUT2D eigenvalue weighted by Crippen LogP contribution is -2.48. The Kier molecular flexibility index (Phi) is 5.52. The molecule has 1 aliphatic heterocycles. The fourth-order valence-corrected chi connectivity index (χ4v) is 4.43. The Morgan fingerprint density at radius 3 is 2.55 bits per heavy atom. The third kappa shape index (κ3) is 4.51. The Morgan fingerprint density at radius 1 is 1.32 bits per heavy atom. The van der Waals surface area contributed by atoms with Crippen LogP contribution in [0.2, 0.25) is 0 Å². The van der Waals surface area contributed by atoms with E-state index in [0.29, 0.717) is 12.2 Å². The Balaban J connectivity index is 2.01. The van der Waals surface area contributed by atoms with Gasteiger partial charge in [-0.25, -0.2) is 8.42 Å². The maximum Gasteiger partial charge on any atom is 0.238 e. The lowest BCUT2D eigenvalue weighted by Gasteiger charge is -2.28. The van der Waals surface area contributed by atoms with Crippen LogP contribution in [0.1, 0.15) is 0 Å². The van der Waals surface area contributed by atoms with Gasteiger partial charge in [-0.05, 0) is 12.1 Å². The molecule has 0 bridgehead atoms. The number of nitrogens with zero attached hydrogens (tertiary/aromatic N) is 1. The number of para-hydroxylation sites is 1. The van der Waals surface area contributed by atoms with Gasteiger partial charge in [-0.3, -0.25) is 9.69 Å². The van der Waals surface area contributed by atoms with E-state index in [-0.39, 0.29) is 30.5 Å². The van der Waals surface area contributed by atoms with Gasteiger partial charge in [0.1, 0.15) is 0 Å². The summed E-state index contributed by atoms with van der Waals surface area (Å²) in [4.78, 5) is 13.7. The highest BCUT2D eigenvalue weighted by Crippen LogP contribution is 2.18. The lowest BCUT2D eigenvalue weighted by molar-refractivity contribution is -0.118. The zero-order valence-electron chi connectivity index (χ0n) is 12.2. The predicted octanol–water partition coefficient (Wildman–Crippen LogP) is -0.956. The number of carbonyl (C=O) groups excluding carboxylic acids is 1.